The van der Waals surface area contributed by atoms with Gasteiger partial charge in [-0.3, -0.25) is 4.94 Å². The summed E-state index contributed by atoms with van der Waals surface area (Å²) in [4.78, 5) is 2.99. The lowest BCUT2D eigenvalue weighted by Gasteiger charge is -2.39. The Morgan fingerprint density at radius 3 is 1.79 bits per heavy atom. The maximum Gasteiger partial charge on any atom is 0.432 e. The van der Waals surface area contributed by atoms with E-state index in [1.807, 2.05) is 0 Å². The fourth-order valence-corrected chi connectivity index (χ4v) is 6.21. The molecule has 0 spiro atoms. The number of benzene rings is 2. The van der Waals surface area contributed by atoms with Gasteiger partial charge in [0.05, 0.1) is 13.2 Å². The highest BCUT2D eigenvalue weighted by molar-refractivity contribution is 5.36. The average molecular weight is 563 g/mol. The Bertz CT molecular complexity index is 1110. The molecule has 11 heteroatoms. The summed E-state index contributed by atoms with van der Waals surface area (Å²) in [5.74, 6) is -8.05. The van der Waals surface area contributed by atoms with Crippen LogP contribution >= 0.6 is 0 Å². The normalized spacial score (nSPS) is 26.5. The molecule has 0 aromatic heterocycles. The van der Waals surface area contributed by atoms with Crippen molar-refractivity contribution in [3.05, 3.63) is 58.7 Å². The molecule has 1 heterocycles. The van der Waals surface area contributed by atoms with Crippen LogP contribution in [0.5, 0.6) is 11.5 Å². The van der Waals surface area contributed by atoms with Crippen molar-refractivity contribution in [3.63, 3.8) is 0 Å². The van der Waals surface area contributed by atoms with Crippen LogP contribution in [-0.4, -0.2) is 19.5 Å². The van der Waals surface area contributed by atoms with E-state index in [9.17, 15) is 30.9 Å². The summed E-state index contributed by atoms with van der Waals surface area (Å²) in [7, 11) is 0. The SMILES string of the molecule is FOc1c(F)cc(OC(F)(F)c2c(F)cc(C3CCC(C4OCC(C5CCCC5)CO4)CC3)cc2F)cc1F. The molecule has 0 N–H and O–H groups in total. The van der Waals surface area contributed by atoms with E-state index >= 15 is 0 Å². The Balaban J connectivity index is 1.21. The van der Waals surface area contributed by atoms with Crippen molar-refractivity contribution in [2.45, 2.75) is 69.7 Å². The van der Waals surface area contributed by atoms with E-state index < -0.39 is 46.4 Å². The highest BCUT2D eigenvalue weighted by atomic mass is 19.3. The second-order valence-electron chi connectivity index (χ2n) is 10.7. The molecule has 39 heavy (non-hydrogen) atoms. The second kappa shape index (κ2) is 11.5. The van der Waals surface area contributed by atoms with Crippen LogP contribution in [0, 0.1) is 41.0 Å². The smallest absolute Gasteiger partial charge is 0.429 e. The minimum absolute atomic E-state index is 0.146. The topological polar surface area (TPSA) is 36.9 Å². The van der Waals surface area contributed by atoms with Crippen LogP contribution in [0.4, 0.5) is 30.9 Å². The molecular formula is C28H29F7O4. The van der Waals surface area contributed by atoms with E-state index in [0.29, 0.717) is 50.7 Å². The van der Waals surface area contributed by atoms with Crippen molar-refractivity contribution in [2.24, 2.45) is 17.8 Å². The molecule has 0 bridgehead atoms. The molecule has 2 aliphatic carbocycles. The molecule has 2 aromatic carbocycles. The molecule has 5 rings (SSSR count). The zero-order valence-electron chi connectivity index (χ0n) is 21.0. The lowest BCUT2D eigenvalue weighted by molar-refractivity contribution is -0.234. The van der Waals surface area contributed by atoms with E-state index in [-0.39, 0.29) is 35.8 Å². The summed E-state index contributed by atoms with van der Waals surface area (Å²) in [5.41, 5.74) is -1.47. The fourth-order valence-electron chi connectivity index (χ4n) is 6.21. The third kappa shape index (κ3) is 5.99. The largest absolute Gasteiger partial charge is 0.432 e. The molecule has 2 aromatic rings. The Morgan fingerprint density at radius 1 is 0.692 bits per heavy atom. The minimum Gasteiger partial charge on any atom is -0.429 e. The zero-order chi connectivity index (χ0) is 27.7. The van der Waals surface area contributed by atoms with Gasteiger partial charge in [-0.1, -0.05) is 25.7 Å². The molecule has 1 aliphatic heterocycles. The Labute approximate surface area is 221 Å². The maximum absolute atomic E-state index is 14.8. The molecule has 3 aliphatic rings. The van der Waals surface area contributed by atoms with Crippen molar-refractivity contribution >= 4 is 0 Å². The highest BCUT2D eigenvalue weighted by Gasteiger charge is 2.42. The third-order valence-corrected chi connectivity index (χ3v) is 8.29. The average Bonchev–Trinajstić information content (AvgIpc) is 3.43. The standard InChI is InChI=1S/C28H29F7O4/c29-21-9-18(10-22(30)25(21)28(33,34)38-20-11-23(31)26(39-35)24(32)12-20)16-5-7-17(8-6-16)27-36-13-19(14-37-27)15-3-1-2-4-15/h9-12,15-17,19,27H,1-8,13-14H2. The summed E-state index contributed by atoms with van der Waals surface area (Å²) in [6, 6.07) is 2.09. The molecule has 214 valence electrons. The van der Waals surface area contributed by atoms with Gasteiger partial charge in [-0.05, 0) is 55.2 Å². The molecule has 3 fully saturated rings. The van der Waals surface area contributed by atoms with E-state index in [0.717, 1.165) is 12.1 Å². The molecule has 1 saturated heterocycles. The van der Waals surface area contributed by atoms with Crippen molar-refractivity contribution in [1.82, 2.24) is 0 Å². The van der Waals surface area contributed by atoms with Gasteiger partial charge in [0, 0.05) is 28.5 Å². The van der Waals surface area contributed by atoms with E-state index in [1.165, 1.54) is 25.7 Å². The van der Waals surface area contributed by atoms with E-state index in [2.05, 4.69) is 9.68 Å². The number of alkyl halides is 2. The van der Waals surface area contributed by atoms with Gasteiger partial charge >= 0.3 is 6.11 Å². The van der Waals surface area contributed by atoms with Crippen molar-refractivity contribution in [3.8, 4) is 11.5 Å². The Morgan fingerprint density at radius 2 is 1.26 bits per heavy atom. The first-order chi connectivity index (χ1) is 18.7. The molecule has 2 saturated carbocycles. The molecule has 0 atom stereocenters. The predicted octanol–water partition coefficient (Wildman–Crippen LogP) is 8.09. The van der Waals surface area contributed by atoms with Crippen molar-refractivity contribution in [1.29, 1.82) is 0 Å². The first kappa shape index (κ1) is 28.0. The lowest BCUT2D eigenvalue weighted by Crippen LogP contribution is -2.40. The Hall–Kier alpha value is -2.53. The van der Waals surface area contributed by atoms with Crippen LogP contribution in [0.15, 0.2) is 24.3 Å². The van der Waals surface area contributed by atoms with Crippen LogP contribution in [-0.2, 0) is 15.6 Å². The number of ether oxygens (including phenoxy) is 3. The van der Waals surface area contributed by atoms with Gasteiger partial charge in [0.2, 0.25) is 5.75 Å². The van der Waals surface area contributed by atoms with Crippen LogP contribution in [0.1, 0.15) is 68.4 Å². The first-order valence-electron chi connectivity index (χ1n) is 13.2. The number of hydrogen-bond donors (Lipinski definition) is 0. The zero-order valence-corrected chi connectivity index (χ0v) is 21.0. The van der Waals surface area contributed by atoms with E-state index in [1.54, 1.807) is 0 Å². The van der Waals surface area contributed by atoms with Crippen molar-refractivity contribution in [2.75, 3.05) is 13.2 Å². The summed E-state index contributed by atoms with van der Waals surface area (Å²) >= 11 is 0. The second-order valence-corrected chi connectivity index (χ2v) is 10.7. The van der Waals surface area contributed by atoms with Gasteiger partial charge < -0.3 is 14.2 Å². The predicted molar refractivity (Wildman–Crippen MR) is 125 cm³/mol. The third-order valence-electron chi connectivity index (χ3n) is 8.29. The minimum atomic E-state index is -4.62. The molecular weight excluding hydrogens is 533 g/mol. The van der Waals surface area contributed by atoms with Gasteiger partial charge in [0.25, 0.3) is 0 Å². The monoisotopic (exact) mass is 562 g/mol. The lowest BCUT2D eigenvalue weighted by atomic mass is 9.78. The van der Waals surface area contributed by atoms with Gasteiger partial charge in [-0.15, -0.1) is 0 Å². The Kier molecular flexibility index (Phi) is 8.28. The fraction of sp³-hybridized carbons (Fsp3) is 0.571. The number of halogens is 7. The first-order valence-corrected chi connectivity index (χ1v) is 13.2. The summed E-state index contributed by atoms with van der Waals surface area (Å²) < 4.78 is 115. The van der Waals surface area contributed by atoms with Crippen LogP contribution in [0.2, 0.25) is 0 Å². The molecule has 0 amide bonds. The van der Waals surface area contributed by atoms with Gasteiger partial charge in [0.15, 0.2) is 17.9 Å². The van der Waals surface area contributed by atoms with Crippen LogP contribution < -0.4 is 9.68 Å². The quantitative estimate of drug-likeness (QED) is 0.320. The maximum atomic E-state index is 14.8. The highest BCUT2D eigenvalue weighted by Crippen LogP contribution is 2.43. The van der Waals surface area contributed by atoms with Crippen LogP contribution in [0.25, 0.3) is 0 Å². The summed E-state index contributed by atoms with van der Waals surface area (Å²) in [6.07, 6.45) is 2.57. The van der Waals surface area contributed by atoms with Gasteiger partial charge in [-0.25, -0.2) is 17.6 Å². The molecule has 4 nitrogen and oxygen atoms in total. The van der Waals surface area contributed by atoms with E-state index in [4.69, 9.17) is 9.47 Å². The van der Waals surface area contributed by atoms with Crippen LogP contribution in [0.3, 0.4) is 0 Å². The summed E-state index contributed by atoms with van der Waals surface area (Å²) in [6.45, 7) is 1.35. The van der Waals surface area contributed by atoms with Gasteiger partial charge in [0.1, 0.15) is 22.9 Å². The van der Waals surface area contributed by atoms with Gasteiger partial charge in [-0.2, -0.15) is 8.78 Å². The number of hydrogen-bond acceptors (Lipinski definition) is 4. The number of rotatable bonds is 7. The summed E-state index contributed by atoms with van der Waals surface area (Å²) in [5, 5.41) is 0. The molecule has 0 unspecified atom stereocenters. The van der Waals surface area contributed by atoms with Crippen molar-refractivity contribution < 1.29 is 50.0 Å². The molecule has 0 radical (unpaired) electrons.